The highest BCUT2D eigenvalue weighted by molar-refractivity contribution is 6.35. The first-order valence-electron chi connectivity index (χ1n) is 8.56. The molecule has 0 atom stereocenters. The molecule has 0 aliphatic heterocycles. The van der Waals surface area contributed by atoms with Crippen LogP contribution < -0.4 is 15.4 Å². The van der Waals surface area contributed by atoms with E-state index in [-0.39, 0.29) is 6.61 Å². The highest BCUT2D eigenvalue weighted by atomic mass is 35.5. The SMILES string of the molecule is O=C(NC(=O)c1c(F)cccc1F)Nc1ccc(OCc2ccc(Cl)cc2Cl)cc1. The van der Waals surface area contributed by atoms with Crippen molar-refractivity contribution in [2.75, 3.05) is 5.32 Å². The molecule has 3 amide bonds. The van der Waals surface area contributed by atoms with E-state index in [1.165, 1.54) is 12.1 Å². The molecule has 3 rings (SSSR count). The Morgan fingerprint density at radius 1 is 0.933 bits per heavy atom. The molecule has 0 bridgehead atoms. The molecule has 3 aromatic carbocycles. The van der Waals surface area contributed by atoms with E-state index < -0.39 is 29.1 Å². The molecule has 0 unspecified atom stereocenters. The first kappa shape index (κ1) is 21.5. The van der Waals surface area contributed by atoms with Crippen molar-refractivity contribution in [2.45, 2.75) is 6.61 Å². The van der Waals surface area contributed by atoms with Gasteiger partial charge in [0.05, 0.1) is 0 Å². The number of imide groups is 1. The number of hydrogen-bond donors (Lipinski definition) is 2. The van der Waals surface area contributed by atoms with E-state index in [9.17, 15) is 18.4 Å². The van der Waals surface area contributed by atoms with E-state index in [4.69, 9.17) is 27.9 Å². The molecule has 0 spiro atoms. The number of anilines is 1. The summed E-state index contributed by atoms with van der Waals surface area (Å²) in [5, 5.41) is 5.27. The van der Waals surface area contributed by atoms with Crippen LogP contribution in [0.1, 0.15) is 15.9 Å². The fourth-order valence-corrected chi connectivity index (χ4v) is 2.94. The first-order chi connectivity index (χ1) is 14.3. The van der Waals surface area contributed by atoms with Crippen LogP contribution in [0.15, 0.2) is 60.7 Å². The molecule has 0 aromatic heterocycles. The van der Waals surface area contributed by atoms with E-state index in [2.05, 4.69) is 5.32 Å². The quantitative estimate of drug-likeness (QED) is 0.515. The minimum atomic E-state index is -1.19. The van der Waals surface area contributed by atoms with Crippen molar-refractivity contribution in [2.24, 2.45) is 0 Å². The average molecular weight is 451 g/mol. The zero-order chi connectivity index (χ0) is 21.7. The van der Waals surface area contributed by atoms with Crippen LogP contribution in [0, 0.1) is 11.6 Å². The van der Waals surface area contributed by atoms with Crippen molar-refractivity contribution in [3.8, 4) is 5.75 Å². The summed E-state index contributed by atoms with van der Waals surface area (Å²) in [7, 11) is 0. The van der Waals surface area contributed by atoms with Crippen LogP contribution in [0.25, 0.3) is 0 Å². The Balaban J connectivity index is 1.56. The molecule has 30 heavy (non-hydrogen) atoms. The number of halogens is 4. The molecular formula is C21H14Cl2F2N2O3. The third kappa shape index (κ3) is 5.46. The third-order valence-corrected chi connectivity index (χ3v) is 4.53. The Hall–Kier alpha value is -3.16. The number of amides is 3. The van der Waals surface area contributed by atoms with E-state index in [0.717, 1.165) is 23.8 Å². The summed E-state index contributed by atoms with van der Waals surface area (Å²) in [5.41, 5.74) is 0.255. The van der Waals surface area contributed by atoms with Crippen molar-refractivity contribution in [1.82, 2.24) is 5.32 Å². The zero-order valence-corrected chi connectivity index (χ0v) is 16.7. The second-order valence-corrected chi connectivity index (χ2v) is 6.90. The number of carbonyl (C=O) groups excluding carboxylic acids is 2. The van der Waals surface area contributed by atoms with Crippen LogP contribution in [-0.4, -0.2) is 11.9 Å². The average Bonchev–Trinajstić information content (AvgIpc) is 2.68. The number of ether oxygens (including phenoxy) is 1. The van der Waals surface area contributed by atoms with Crippen LogP contribution in [0.3, 0.4) is 0 Å². The van der Waals surface area contributed by atoms with E-state index in [0.29, 0.717) is 21.5 Å². The molecule has 0 saturated carbocycles. The van der Waals surface area contributed by atoms with Crippen molar-refractivity contribution in [1.29, 1.82) is 0 Å². The Morgan fingerprint density at radius 3 is 2.23 bits per heavy atom. The highest BCUT2D eigenvalue weighted by Gasteiger charge is 2.19. The summed E-state index contributed by atoms with van der Waals surface area (Å²) in [6, 6.07) is 13.3. The molecular weight excluding hydrogens is 437 g/mol. The van der Waals surface area contributed by atoms with Gasteiger partial charge in [0.1, 0.15) is 29.6 Å². The van der Waals surface area contributed by atoms with Gasteiger partial charge in [0.15, 0.2) is 0 Å². The van der Waals surface area contributed by atoms with Gasteiger partial charge in [-0.1, -0.05) is 35.3 Å². The predicted octanol–water partition coefficient (Wildman–Crippen LogP) is 5.81. The molecule has 0 aliphatic rings. The first-order valence-corrected chi connectivity index (χ1v) is 9.32. The Bertz CT molecular complexity index is 1070. The lowest BCUT2D eigenvalue weighted by Crippen LogP contribution is -2.35. The topological polar surface area (TPSA) is 67.4 Å². The summed E-state index contributed by atoms with van der Waals surface area (Å²) < 4.78 is 32.8. The number of nitrogens with one attached hydrogen (secondary N) is 2. The second kappa shape index (κ2) is 9.56. The summed E-state index contributed by atoms with van der Waals surface area (Å²) >= 11 is 11.9. The van der Waals surface area contributed by atoms with Gasteiger partial charge in [-0.3, -0.25) is 10.1 Å². The molecule has 0 saturated heterocycles. The smallest absolute Gasteiger partial charge is 0.326 e. The molecule has 0 aliphatic carbocycles. The van der Waals surface area contributed by atoms with Gasteiger partial charge in [-0.25, -0.2) is 13.6 Å². The largest absolute Gasteiger partial charge is 0.489 e. The lowest BCUT2D eigenvalue weighted by atomic mass is 10.2. The number of urea groups is 1. The van der Waals surface area contributed by atoms with E-state index in [1.807, 2.05) is 5.32 Å². The summed E-state index contributed by atoms with van der Waals surface area (Å²) in [5.74, 6) is -2.82. The molecule has 0 radical (unpaired) electrons. The van der Waals surface area contributed by atoms with Crippen LogP contribution in [-0.2, 0) is 6.61 Å². The molecule has 9 heteroatoms. The molecule has 154 valence electrons. The summed E-state index contributed by atoms with van der Waals surface area (Å²) in [6.45, 7) is 0.214. The Morgan fingerprint density at radius 2 is 1.60 bits per heavy atom. The summed E-state index contributed by atoms with van der Waals surface area (Å²) in [6.07, 6.45) is 0. The predicted molar refractivity (Wildman–Crippen MR) is 110 cm³/mol. The van der Waals surface area contributed by atoms with Crippen molar-refractivity contribution < 1.29 is 23.1 Å². The summed E-state index contributed by atoms with van der Waals surface area (Å²) in [4.78, 5) is 23.9. The minimum Gasteiger partial charge on any atom is -0.489 e. The van der Waals surface area contributed by atoms with Crippen molar-refractivity contribution in [3.63, 3.8) is 0 Å². The highest BCUT2D eigenvalue weighted by Crippen LogP contribution is 2.23. The van der Waals surface area contributed by atoms with Gasteiger partial charge in [0.25, 0.3) is 5.91 Å². The maximum atomic E-state index is 13.6. The van der Waals surface area contributed by atoms with Crippen molar-refractivity contribution >= 4 is 40.8 Å². The number of hydrogen-bond acceptors (Lipinski definition) is 3. The van der Waals surface area contributed by atoms with Gasteiger partial charge >= 0.3 is 6.03 Å². The standard InChI is InChI=1S/C21H14Cl2F2N2O3/c22-13-5-4-12(16(23)10-13)11-30-15-8-6-14(7-9-15)26-21(29)27-20(28)19-17(24)2-1-3-18(19)25/h1-10H,11H2,(H2,26,27,28,29). The Kier molecular flexibility index (Phi) is 6.87. The monoisotopic (exact) mass is 450 g/mol. The molecule has 0 heterocycles. The maximum absolute atomic E-state index is 13.6. The number of benzene rings is 3. The molecule has 5 nitrogen and oxygen atoms in total. The van der Waals surface area contributed by atoms with E-state index in [1.54, 1.807) is 30.3 Å². The zero-order valence-electron chi connectivity index (χ0n) is 15.2. The Labute approximate surface area is 180 Å². The number of carbonyl (C=O) groups is 2. The fraction of sp³-hybridized carbons (Fsp3) is 0.0476. The van der Waals surface area contributed by atoms with Gasteiger partial charge in [-0.15, -0.1) is 0 Å². The number of rotatable bonds is 5. The lowest BCUT2D eigenvalue weighted by Gasteiger charge is -2.10. The minimum absolute atomic E-state index is 0.214. The lowest BCUT2D eigenvalue weighted by molar-refractivity contribution is 0.0959. The second-order valence-electron chi connectivity index (χ2n) is 6.05. The fourth-order valence-electron chi connectivity index (χ4n) is 2.48. The van der Waals surface area contributed by atoms with Gasteiger partial charge < -0.3 is 10.1 Å². The normalized spacial score (nSPS) is 10.4. The molecule has 3 aromatic rings. The third-order valence-electron chi connectivity index (χ3n) is 3.94. The van der Waals surface area contributed by atoms with Gasteiger partial charge in [0, 0.05) is 21.3 Å². The maximum Gasteiger partial charge on any atom is 0.326 e. The van der Waals surface area contributed by atoms with Gasteiger partial charge in [-0.2, -0.15) is 0 Å². The van der Waals surface area contributed by atoms with Crippen LogP contribution >= 0.6 is 23.2 Å². The van der Waals surface area contributed by atoms with Crippen LogP contribution in [0.4, 0.5) is 19.3 Å². The molecule has 2 N–H and O–H groups in total. The van der Waals surface area contributed by atoms with E-state index >= 15 is 0 Å². The molecule has 0 fully saturated rings. The van der Waals surface area contributed by atoms with Gasteiger partial charge in [0.2, 0.25) is 0 Å². The van der Waals surface area contributed by atoms with Gasteiger partial charge in [-0.05, 0) is 48.5 Å². The van der Waals surface area contributed by atoms with Crippen LogP contribution in [0.2, 0.25) is 10.0 Å². The van der Waals surface area contributed by atoms with Crippen LogP contribution in [0.5, 0.6) is 5.75 Å². The van der Waals surface area contributed by atoms with Crippen molar-refractivity contribution in [3.05, 3.63) is 93.5 Å².